The number of fused-ring (bicyclic) bond motifs is 1. The molecular formula is C24H18N2O6S. The molecule has 8 nitrogen and oxygen atoms in total. The van der Waals surface area contributed by atoms with Gasteiger partial charge in [0.15, 0.2) is 22.4 Å². The first-order valence-corrected chi connectivity index (χ1v) is 10.8. The molecule has 0 saturated carbocycles. The fourth-order valence-electron chi connectivity index (χ4n) is 3.22. The zero-order chi connectivity index (χ0) is 23.5. The van der Waals surface area contributed by atoms with Gasteiger partial charge in [0.05, 0.1) is 35.0 Å². The molecule has 3 aromatic carbocycles. The van der Waals surface area contributed by atoms with E-state index in [2.05, 4.69) is 4.98 Å². The number of ketones is 1. The molecule has 0 amide bonds. The molecule has 166 valence electrons. The average Bonchev–Trinajstić information content (AvgIpc) is 2.84. The van der Waals surface area contributed by atoms with Crippen LogP contribution in [0.1, 0.15) is 20.7 Å². The zero-order valence-corrected chi connectivity index (χ0v) is 18.2. The van der Waals surface area contributed by atoms with Gasteiger partial charge >= 0.3 is 5.97 Å². The van der Waals surface area contributed by atoms with E-state index in [1.807, 2.05) is 6.07 Å². The lowest BCUT2D eigenvalue weighted by Crippen LogP contribution is -2.22. The van der Waals surface area contributed by atoms with Crippen LogP contribution in [0.25, 0.3) is 16.6 Å². The Labute approximate surface area is 192 Å². The standard InChI is InChI=1S/C24H18N2O6S/c1-32-23(31)15-7-9-17-18(11-15)25-24(26(22(17)30)16-5-3-2-4-6-16)33-13-21(29)14-8-10-19(27)20(28)12-14/h2-12,27-28H,13H2,1H3. The number of nitrogens with zero attached hydrogens (tertiary/aromatic N) is 2. The quantitative estimate of drug-likeness (QED) is 0.147. The van der Waals surface area contributed by atoms with E-state index in [1.54, 1.807) is 24.3 Å². The summed E-state index contributed by atoms with van der Waals surface area (Å²) in [6.45, 7) is 0. The van der Waals surface area contributed by atoms with Crippen LogP contribution in [0, 0.1) is 0 Å². The van der Waals surface area contributed by atoms with Crippen LogP contribution in [-0.4, -0.2) is 44.4 Å². The van der Waals surface area contributed by atoms with Gasteiger partial charge in [-0.15, -0.1) is 0 Å². The summed E-state index contributed by atoms with van der Waals surface area (Å²) in [6.07, 6.45) is 0. The van der Waals surface area contributed by atoms with E-state index in [-0.39, 0.29) is 39.1 Å². The van der Waals surface area contributed by atoms with E-state index in [9.17, 15) is 24.6 Å². The molecule has 0 aliphatic heterocycles. The third-order valence-corrected chi connectivity index (χ3v) is 5.84. The van der Waals surface area contributed by atoms with Crippen molar-refractivity contribution in [1.29, 1.82) is 0 Å². The van der Waals surface area contributed by atoms with Gasteiger partial charge < -0.3 is 14.9 Å². The normalized spacial score (nSPS) is 10.8. The molecule has 0 aliphatic rings. The Hall–Kier alpha value is -4.11. The molecule has 0 unspecified atom stereocenters. The van der Waals surface area contributed by atoms with Crippen LogP contribution >= 0.6 is 11.8 Å². The SMILES string of the molecule is COC(=O)c1ccc2c(=O)n(-c3ccccc3)c(SCC(=O)c3ccc(O)c(O)c3)nc2c1. The number of aromatic hydroxyl groups is 2. The number of thioether (sulfide) groups is 1. The summed E-state index contributed by atoms with van der Waals surface area (Å²) in [5.41, 5.74) is 0.986. The molecule has 9 heteroatoms. The molecule has 1 aromatic heterocycles. The van der Waals surface area contributed by atoms with Crippen LogP contribution < -0.4 is 5.56 Å². The molecule has 0 bridgehead atoms. The van der Waals surface area contributed by atoms with Crippen molar-refractivity contribution in [2.45, 2.75) is 5.16 Å². The summed E-state index contributed by atoms with van der Waals surface area (Å²) in [5, 5.41) is 19.7. The van der Waals surface area contributed by atoms with E-state index < -0.39 is 11.7 Å². The number of phenols is 2. The van der Waals surface area contributed by atoms with Crippen molar-refractivity contribution < 1.29 is 24.5 Å². The van der Waals surface area contributed by atoms with Gasteiger partial charge in [0, 0.05) is 5.56 Å². The van der Waals surface area contributed by atoms with Gasteiger partial charge in [0.25, 0.3) is 5.56 Å². The number of methoxy groups -OCH3 is 1. The minimum Gasteiger partial charge on any atom is -0.504 e. The predicted octanol–water partition coefficient (Wildman–Crippen LogP) is 3.56. The lowest BCUT2D eigenvalue weighted by Gasteiger charge is -2.13. The number of ether oxygens (including phenoxy) is 1. The third kappa shape index (κ3) is 4.44. The van der Waals surface area contributed by atoms with Gasteiger partial charge in [-0.1, -0.05) is 30.0 Å². The Balaban J connectivity index is 1.78. The summed E-state index contributed by atoms with van der Waals surface area (Å²) in [5.74, 6) is -1.68. The van der Waals surface area contributed by atoms with Crippen molar-refractivity contribution in [3.63, 3.8) is 0 Å². The van der Waals surface area contributed by atoms with Gasteiger partial charge in [-0.2, -0.15) is 0 Å². The highest BCUT2D eigenvalue weighted by molar-refractivity contribution is 7.99. The highest BCUT2D eigenvalue weighted by Crippen LogP contribution is 2.27. The number of aromatic nitrogens is 2. The van der Waals surface area contributed by atoms with Crippen molar-refractivity contribution in [2.24, 2.45) is 0 Å². The summed E-state index contributed by atoms with van der Waals surface area (Å²) in [6, 6.07) is 17.2. The molecule has 0 fully saturated rings. The number of carbonyl (C=O) groups excluding carboxylic acids is 2. The summed E-state index contributed by atoms with van der Waals surface area (Å²) in [4.78, 5) is 42.5. The maximum absolute atomic E-state index is 13.3. The number of phenolic OH excluding ortho intramolecular Hbond substituents is 2. The molecular weight excluding hydrogens is 444 g/mol. The van der Waals surface area contributed by atoms with Crippen LogP contribution in [0.5, 0.6) is 11.5 Å². The van der Waals surface area contributed by atoms with Crippen LogP contribution in [0.3, 0.4) is 0 Å². The minimum absolute atomic E-state index is 0.0777. The van der Waals surface area contributed by atoms with E-state index in [0.29, 0.717) is 16.6 Å². The Morgan fingerprint density at radius 1 is 0.970 bits per heavy atom. The minimum atomic E-state index is -0.553. The molecule has 0 aliphatic carbocycles. The number of benzene rings is 3. The van der Waals surface area contributed by atoms with Crippen molar-refractivity contribution in [3.05, 3.63) is 88.2 Å². The van der Waals surface area contributed by atoms with Gasteiger partial charge in [0.2, 0.25) is 0 Å². The number of hydrogen-bond acceptors (Lipinski definition) is 8. The van der Waals surface area contributed by atoms with Crippen molar-refractivity contribution in [2.75, 3.05) is 12.9 Å². The maximum atomic E-state index is 13.3. The summed E-state index contributed by atoms with van der Waals surface area (Å²) >= 11 is 1.05. The highest BCUT2D eigenvalue weighted by Gasteiger charge is 2.17. The Morgan fingerprint density at radius 2 is 1.70 bits per heavy atom. The number of carbonyl (C=O) groups is 2. The second kappa shape index (κ2) is 9.17. The van der Waals surface area contributed by atoms with E-state index in [0.717, 1.165) is 11.8 Å². The molecule has 4 aromatic rings. The number of para-hydroxylation sites is 1. The topological polar surface area (TPSA) is 119 Å². The van der Waals surface area contributed by atoms with Crippen molar-refractivity contribution in [3.8, 4) is 17.2 Å². The number of esters is 1. The van der Waals surface area contributed by atoms with Gasteiger partial charge in [-0.25, -0.2) is 9.78 Å². The summed E-state index contributed by atoms with van der Waals surface area (Å²) < 4.78 is 6.16. The average molecular weight is 462 g/mol. The fourth-order valence-corrected chi connectivity index (χ4v) is 4.13. The number of Topliss-reactive ketones (excluding diaryl/α,β-unsaturated/α-hetero) is 1. The molecule has 0 spiro atoms. The lowest BCUT2D eigenvalue weighted by atomic mass is 10.1. The Morgan fingerprint density at radius 3 is 2.39 bits per heavy atom. The number of hydrogen-bond donors (Lipinski definition) is 2. The Kier molecular flexibility index (Phi) is 6.14. The first kappa shape index (κ1) is 22.1. The van der Waals surface area contributed by atoms with Crippen LogP contribution in [0.2, 0.25) is 0 Å². The zero-order valence-electron chi connectivity index (χ0n) is 17.4. The monoisotopic (exact) mass is 462 g/mol. The Bertz CT molecular complexity index is 1430. The predicted molar refractivity (Wildman–Crippen MR) is 124 cm³/mol. The van der Waals surface area contributed by atoms with E-state index in [1.165, 1.54) is 48.1 Å². The van der Waals surface area contributed by atoms with Crippen LogP contribution in [-0.2, 0) is 4.74 Å². The molecule has 1 heterocycles. The molecule has 0 radical (unpaired) electrons. The van der Waals surface area contributed by atoms with Crippen molar-refractivity contribution >= 4 is 34.4 Å². The molecule has 2 N–H and O–H groups in total. The van der Waals surface area contributed by atoms with Crippen molar-refractivity contribution in [1.82, 2.24) is 9.55 Å². The maximum Gasteiger partial charge on any atom is 0.337 e. The fraction of sp³-hybridized carbons (Fsp3) is 0.0833. The largest absolute Gasteiger partial charge is 0.504 e. The van der Waals surface area contributed by atoms with E-state index >= 15 is 0 Å². The molecule has 0 saturated heterocycles. The summed E-state index contributed by atoms with van der Waals surface area (Å²) in [7, 11) is 1.27. The molecule has 0 atom stereocenters. The van der Waals surface area contributed by atoms with Crippen LogP contribution in [0.15, 0.2) is 76.7 Å². The first-order valence-electron chi connectivity index (χ1n) is 9.77. The van der Waals surface area contributed by atoms with Gasteiger partial charge in [0.1, 0.15) is 0 Å². The van der Waals surface area contributed by atoms with E-state index in [4.69, 9.17) is 4.74 Å². The second-order valence-electron chi connectivity index (χ2n) is 7.01. The van der Waals surface area contributed by atoms with Gasteiger partial charge in [-0.05, 0) is 48.5 Å². The molecule has 4 rings (SSSR count). The molecule has 33 heavy (non-hydrogen) atoms. The smallest absolute Gasteiger partial charge is 0.337 e. The first-order chi connectivity index (χ1) is 15.9. The number of rotatable bonds is 6. The van der Waals surface area contributed by atoms with Crippen LogP contribution in [0.4, 0.5) is 0 Å². The lowest BCUT2D eigenvalue weighted by molar-refractivity contribution is 0.0600. The highest BCUT2D eigenvalue weighted by atomic mass is 32.2. The van der Waals surface area contributed by atoms with Gasteiger partial charge in [-0.3, -0.25) is 14.2 Å². The second-order valence-corrected chi connectivity index (χ2v) is 7.95. The third-order valence-electron chi connectivity index (χ3n) is 4.90.